The first-order chi connectivity index (χ1) is 5.47. The Balaban J connectivity index is 1.82. The Morgan fingerprint density at radius 2 is 2.00 bits per heavy atom. The Kier molecular flexibility index (Phi) is 2.44. The van der Waals surface area contributed by atoms with Crippen LogP contribution in [-0.2, 0) is 4.74 Å². The van der Waals surface area contributed by atoms with Crippen molar-refractivity contribution < 1.29 is 4.74 Å². The van der Waals surface area contributed by atoms with Crippen molar-refractivity contribution in [3.05, 3.63) is 0 Å². The molecule has 2 fully saturated rings. The van der Waals surface area contributed by atoms with Crippen LogP contribution in [0.25, 0.3) is 0 Å². The summed E-state index contributed by atoms with van der Waals surface area (Å²) >= 11 is 0. The molecule has 2 nitrogen and oxygen atoms in total. The van der Waals surface area contributed by atoms with Crippen LogP contribution < -0.4 is 5.32 Å². The summed E-state index contributed by atoms with van der Waals surface area (Å²) in [5.41, 5.74) is 0. The van der Waals surface area contributed by atoms with Crippen LogP contribution in [0.3, 0.4) is 0 Å². The van der Waals surface area contributed by atoms with Gasteiger partial charge >= 0.3 is 0 Å². The first kappa shape index (κ1) is 7.56. The number of hydrogen-bond acceptors (Lipinski definition) is 2. The molecule has 1 N–H and O–H groups in total. The molecule has 2 aliphatic rings. The molecule has 0 unspecified atom stereocenters. The van der Waals surface area contributed by atoms with Crippen LogP contribution in [-0.4, -0.2) is 25.8 Å². The van der Waals surface area contributed by atoms with Crippen molar-refractivity contribution in [1.82, 2.24) is 5.32 Å². The lowest BCUT2D eigenvalue weighted by Crippen LogP contribution is -2.45. The second kappa shape index (κ2) is 3.55. The fourth-order valence-electron chi connectivity index (χ4n) is 2.25. The molecule has 1 atom stereocenters. The average molecular weight is 155 g/mol. The third kappa shape index (κ3) is 1.74. The van der Waals surface area contributed by atoms with E-state index >= 15 is 0 Å². The topological polar surface area (TPSA) is 21.3 Å². The zero-order chi connectivity index (χ0) is 7.52. The maximum absolute atomic E-state index is 5.43. The number of ether oxygens (including phenoxy) is 1. The van der Waals surface area contributed by atoms with Crippen molar-refractivity contribution in [2.24, 2.45) is 5.92 Å². The number of hydrogen-bond donors (Lipinski definition) is 1. The molecule has 1 heterocycles. The van der Waals surface area contributed by atoms with E-state index < -0.39 is 0 Å². The zero-order valence-electron chi connectivity index (χ0n) is 7.01. The summed E-state index contributed by atoms with van der Waals surface area (Å²) in [7, 11) is 0. The summed E-state index contributed by atoms with van der Waals surface area (Å²) in [6.45, 7) is 2.91. The highest BCUT2D eigenvalue weighted by molar-refractivity contribution is 4.81. The molecule has 1 saturated carbocycles. The van der Waals surface area contributed by atoms with Crippen molar-refractivity contribution in [3.63, 3.8) is 0 Å². The van der Waals surface area contributed by atoms with Gasteiger partial charge in [-0.2, -0.15) is 0 Å². The number of rotatable bonds is 1. The molecule has 0 aromatic carbocycles. The van der Waals surface area contributed by atoms with E-state index in [1.54, 1.807) is 0 Å². The SMILES string of the molecule is C1CCC([C@@H]2COCCN2)C1. The van der Waals surface area contributed by atoms with Gasteiger partial charge in [-0.25, -0.2) is 0 Å². The quantitative estimate of drug-likeness (QED) is 0.613. The monoisotopic (exact) mass is 155 g/mol. The summed E-state index contributed by atoms with van der Waals surface area (Å²) in [6, 6.07) is 0.672. The van der Waals surface area contributed by atoms with Crippen LogP contribution in [0.4, 0.5) is 0 Å². The first-order valence-electron chi connectivity index (χ1n) is 4.78. The van der Waals surface area contributed by atoms with E-state index in [0.717, 1.165) is 25.7 Å². The second-order valence-corrected chi connectivity index (χ2v) is 3.68. The van der Waals surface area contributed by atoms with E-state index in [1.807, 2.05) is 0 Å². The molecule has 0 spiro atoms. The van der Waals surface area contributed by atoms with E-state index in [4.69, 9.17) is 4.74 Å². The van der Waals surface area contributed by atoms with Crippen molar-refractivity contribution in [2.75, 3.05) is 19.8 Å². The van der Waals surface area contributed by atoms with E-state index in [2.05, 4.69) is 5.32 Å². The van der Waals surface area contributed by atoms with Gasteiger partial charge in [0.2, 0.25) is 0 Å². The maximum Gasteiger partial charge on any atom is 0.0622 e. The lowest BCUT2D eigenvalue weighted by Gasteiger charge is -2.28. The summed E-state index contributed by atoms with van der Waals surface area (Å²) in [5, 5.41) is 3.54. The predicted octanol–water partition coefficient (Wildman–Crippen LogP) is 1.17. The third-order valence-corrected chi connectivity index (χ3v) is 2.92. The smallest absolute Gasteiger partial charge is 0.0622 e. The number of morpholine rings is 1. The molecule has 11 heavy (non-hydrogen) atoms. The van der Waals surface area contributed by atoms with Gasteiger partial charge in [-0.05, 0) is 18.8 Å². The Morgan fingerprint density at radius 3 is 2.64 bits per heavy atom. The summed E-state index contributed by atoms with van der Waals surface area (Å²) in [6.07, 6.45) is 5.70. The molecule has 0 aromatic heterocycles. The van der Waals surface area contributed by atoms with E-state index in [0.29, 0.717) is 6.04 Å². The van der Waals surface area contributed by atoms with E-state index in [1.165, 1.54) is 25.7 Å². The highest BCUT2D eigenvalue weighted by atomic mass is 16.5. The molecular weight excluding hydrogens is 138 g/mol. The lowest BCUT2D eigenvalue weighted by molar-refractivity contribution is 0.0576. The van der Waals surface area contributed by atoms with Crippen LogP contribution >= 0.6 is 0 Å². The maximum atomic E-state index is 5.43. The lowest BCUT2D eigenvalue weighted by atomic mass is 9.98. The molecule has 0 radical (unpaired) electrons. The van der Waals surface area contributed by atoms with Gasteiger partial charge in [0.25, 0.3) is 0 Å². The minimum Gasteiger partial charge on any atom is -0.379 e. The van der Waals surface area contributed by atoms with Crippen LogP contribution in [0.5, 0.6) is 0 Å². The van der Waals surface area contributed by atoms with Gasteiger partial charge in [-0.1, -0.05) is 12.8 Å². The molecule has 2 rings (SSSR count). The Bertz CT molecular complexity index is 115. The Morgan fingerprint density at radius 1 is 1.18 bits per heavy atom. The second-order valence-electron chi connectivity index (χ2n) is 3.68. The number of nitrogens with one attached hydrogen (secondary N) is 1. The van der Waals surface area contributed by atoms with E-state index in [-0.39, 0.29) is 0 Å². The van der Waals surface area contributed by atoms with Gasteiger partial charge in [-0.15, -0.1) is 0 Å². The highest BCUT2D eigenvalue weighted by Crippen LogP contribution is 2.28. The highest BCUT2D eigenvalue weighted by Gasteiger charge is 2.26. The van der Waals surface area contributed by atoms with Crippen LogP contribution in [0.1, 0.15) is 25.7 Å². The van der Waals surface area contributed by atoms with Crippen LogP contribution in [0, 0.1) is 5.92 Å². The standard InChI is InChI=1S/C9H17NO/c1-2-4-8(3-1)9-7-11-6-5-10-9/h8-10H,1-7H2/t9-/m0/s1. The van der Waals surface area contributed by atoms with Crippen molar-refractivity contribution in [2.45, 2.75) is 31.7 Å². The largest absolute Gasteiger partial charge is 0.379 e. The summed E-state index contributed by atoms with van der Waals surface area (Å²) in [5.74, 6) is 0.912. The van der Waals surface area contributed by atoms with E-state index in [9.17, 15) is 0 Å². The molecule has 2 heteroatoms. The molecule has 0 aromatic rings. The van der Waals surface area contributed by atoms with Crippen LogP contribution in [0.2, 0.25) is 0 Å². The van der Waals surface area contributed by atoms with Gasteiger partial charge in [0, 0.05) is 12.6 Å². The summed E-state index contributed by atoms with van der Waals surface area (Å²) < 4.78 is 5.43. The van der Waals surface area contributed by atoms with Crippen LogP contribution in [0.15, 0.2) is 0 Å². The van der Waals surface area contributed by atoms with Gasteiger partial charge < -0.3 is 10.1 Å². The molecule has 1 aliphatic carbocycles. The normalized spacial score (nSPS) is 34.4. The minimum atomic E-state index is 0.672. The molecule has 0 bridgehead atoms. The average Bonchev–Trinajstić information content (AvgIpc) is 2.58. The molecule has 1 saturated heterocycles. The van der Waals surface area contributed by atoms with Gasteiger partial charge in [-0.3, -0.25) is 0 Å². The fraction of sp³-hybridized carbons (Fsp3) is 1.00. The van der Waals surface area contributed by atoms with Gasteiger partial charge in [0.05, 0.1) is 13.2 Å². The third-order valence-electron chi connectivity index (χ3n) is 2.92. The Hall–Kier alpha value is -0.0800. The molecule has 1 aliphatic heterocycles. The first-order valence-corrected chi connectivity index (χ1v) is 4.78. The fourth-order valence-corrected chi connectivity index (χ4v) is 2.25. The molecule has 64 valence electrons. The van der Waals surface area contributed by atoms with Crippen molar-refractivity contribution in [3.8, 4) is 0 Å². The van der Waals surface area contributed by atoms with Gasteiger partial charge in [0.15, 0.2) is 0 Å². The molecule has 0 amide bonds. The minimum absolute atomic E-state index is 0.672. The van der Waals surface area contributed by atoms with Gasteiger partial charge in [0.1, 0.15) is 0 Å². The van der Waals surface area contributed by atoms with Crippen molar-refractivity contribution >= 4 is 0 Å². The summed E-state index contributed by atoms with van der Waals surface area (Å²) in [4.78, 5) is 0. The predicted molar refractivity (Wildman–Crippen MR) is 44.6 cm³/mol. The zero-order valence-corrected chi connectivity index (χ0v) is 7.01. The Labute approximate surface area is 68.3 Å². The van der Waals surface area contributed by atoms with Crippen molar-refractivity contribution in [1.29, 1.82) is 0 Å². The molecular formula is C9H17NO.